The maximum atomic E-state index is 12.3. The molecule has 0 atom stereocenters. The van der Waals surface area contributed by atoms with Gasteiger partial charge in [-0.15, -0.1) is 0 Å². The highest BCUT2D eigenvalue weighted by Gasteiger charge is 2.19. The molecule has 25 heavy (non-hydrogen) atoms. The van der Waals surface area contributed by atoms with Crippen LogP contribution in [0.2, 0.25) is 0 Å². The van der Waals surface area contributed by atoms with Gasteiger partial charge in [0, 0.05) is 37.6 Å². The first kappa shape index (κ1) is 16.0. The molecule has 1 fully saturated rings. The lowest BCUT2D eigenvalue weighted by Gasteiger charge is -2.35. The van der Waals surface area contributed by atoms with Crippen molar-refractivity contribution in [2.75, 3.05) is 42.9 Å². The summed E-state index contributed by atoms with van der Waals surface area (Å²) in [5.74, 6) is 0.00991. The largest absolute Gasteiger partial charge is 0.369 e. The maximum Gasteiger partial charge on any atom is 0.238 e. The van der Waals surface area contributed by atoms with Crippen LogP contribution in [0.15, 0.2) is 48.5 Å². The minimum absolute atomic E-state index is 0.00991. The van der Waals surface area contributed by atoms with Gasteiger partial charge in [-0.1, -0.05) is 18.2 Å². The lowest BCUT2D eigenvalue weighted by molar-refractivity contribution is -0.117. The number of hydrogen-bond acceptors (Lipinski definition) is 6. The number of piperazine rings is 1. The van der Waals surface area contributed by atoms with Crippen molar-refractivity contribution in [3.63, 3.8) is 0 Å². The van der Waals surface area contributed by atoms with Gasteiger partial charge in [0.1, 0.15) is 11.0 Å². The summed E-state index contributed by atoms with van der Waals surface area (Å²) in [7, 11) is 0. The number of benzene rings is 2. The van der Waals surface area contributed by atoms with Gasteiger partial charge in [-0.05, 0) is 30.3 Å². The summed E-state index contributed by atoms with van der Waals surface area (Å²) in [6, 6.07) is 16.0. The summed E-state index contributed by atoms with van der Waals surface area (Å²) < 4.78 is 8.37. The van der Waals surface area contributed by atoms with Gasteiger partial charge in [-0.25, -0.2) is 0 Å². The van der Waals surface area contributed by atoms with E-state index in [4.69, 9.17) is 0 Å². The Balaban J connectivity index is 1.30. The highest BCUT2D eigenvalue weighted by atomic mass is 32.1. The van der Waals surface area contributed by atoms with Crippen LogP contribution < -0.4 is 10.2 Å². The van der Waals surface area contributed by atoms with E-state index >= 15 is 0 Å². The second kappa shape index (κ2) is 7.16. The standard InChI is InChI=1S/C18H19N5OS/c24-18(19-14-6-7-16-17(12-14)21-25-20-16)13-22-8-10-23(11-9-22)15-4-2-1-3-5-15/h1-7,12H,8-11,13H2,(H,19,24). The molecule has 1 aliphatic rings. The third-order valence-corrected chi connectivity index (χ3v) is 4.96. The molecule has 7 heteroatoms. The van der Waals surface area contributed by atoms with Crippen molar-refractivity contribution >= 4 is 40.0 Å². The van der Waals surface area contributed by atoms with Crippen LogP contribution in [-0.4, -0.2) is 52.3 Å². The molecule has 0 spiro atoms. The number of anilines is 2. The molecule has 6 nitrogen and oxygen atoms in total. The number of nitrogens with zero attached hydrogens (tertiary/aromatic N) is 4. The van der Waals surface area contributed by atoms with E-state index in [0.29, 0.717) is 6.54 Å². The van der Waals surface area contributed by atoms with E-state index < -0.39 is 0 Å². The minimum atomic E-state index is 0.00991. The van der Waals surface area contributed by atoms with Crippen LogP contribution in [0.25, 0.3) is 11.0 Å². The van der Waals surface area contributed by atoms with E-state index in [0.717, 1.165) is 42.9 Å². The monoisotopic (exact) mass is 353 g/mol. The third kappa shape index (κ3) is 3.78. The second-order valence-electron chi connectivity index (χ2n) is 6.11. The average Bonchev–Trinajstić information content (AvgIpc) is 3.11. The quantitative estimate of drug-likeness (QED) is 0.781. The lowest BCUT2D eigenvalue weighted by atomic mass is 10.2. The average molecular weight is 353 g/mol. The first-order valence-electron chi connectivity index (χ1n) is 8.32. The van der Waals surface area contributed by atoms with Gasteiger partial charge in [0.05, 0.1) is 18.3 Å². The third-order valence-electron chi connectivity index (χ3n) is 4.40. The van der Waals surface area contributed by atoms with Crippen molar-refractivity contribution in [2.24, 2.45) is 0 Å². The Labute approximate surface area is 150 Å². The molecular weight excluding hydrogens is 334 g/mol. The van der Waals surface area contributed by atoms with Crippen molar-refractivity contribution in [3.8, 4) is 0 Å². The Morgan fingerprint density at radius 3 is 2.56 bits per heavy atom. The molecule has 2 heterocycles. The van der Waals surface area contributed by atoms with Crippen LogP contribution in [0.4, 0.5) is 11.4 Å². The van der Waals surface area contributed by atoms with Crippen LogP contribution in [0, 0.1) is 0 Å². The van der Waals surface area contributed by atoms with Crippen LogP contribution in [-0.2, 0) is 4.79 Å². The molecule has 2 aromatic carbocycles. The smallest absolute Gasteiger partial charge is 0.238 e. The molecule has 1 aliphatic heterocycles. The summed E-state index contributed by atoms with van der Waals surface area (Å²) in [5.41, 5.74) is 3.70. The van der Waals surface area contributed by atoms with Crippen molar-refractivity contribution < 1.29 is 4.79 Å². The highest BCUT2D eigenvalue weighted by Crippen LogP contribution is 2.18. The molecule has 1 N–H and O–H groups in total. The molecule has 1 saturated heterocycles. The number of carbonyl (C=O) groups excluding carboxylic acids is 1. The predicted octanol–water partition coefficient (Wildman–Crippen LogP) is 2.45. The van der Waals surface area contributed by atoms with Gasteiger partial charge >= 0.3 is 0 Å². The number of aromatic nitrogens is 2. The summed E-state index contributed by atoms with van der Waals surface area (Å²) in [6.45, 7) is 4.06. The Morgan fingerprint density at radius 1 is 1.00 bits per heavy atom. The SMILES string of the molecule is O=C(CN1CCN(c2ccccc2)CC1)Nc1ccc2nsnc2c1. The van der Waals surface area contributed by atoms with E-state index in [2.05, 4.69) is 48.1 Å². The van der Waals surface area contributed by atoms with E-state index in [1.54, 1.807) is 0 Å². The molecule has 3 aromatic rings. The molecule has 0 bridgehead atoms. The zero-order valence-corrected chi connectivity index (χ0v) is 14.6. The summed E-state index contributed by atoms with van der Waals surface area (Å²) >= 11 is 1.18. The zero-order valence-electron chi connectivity index (χ0n) is 13.8. The van der Waals surface area contributed by atoms with Crippen LogP contribution in [0.3, 0.4) is 0 Å². The molecular formula is C18H19N5OS. The molecule has 4 rings (SSSR count). The first-order valence-corrected chi connectivity index (χ1v) is 9.05. The van der Waals surface area contributed by atoms with Crippen LogP contribution >= 0.6 is 11.7 Å². The summed E-state index contributed by atoms with van der Waals surface area (Å²) in [5, 5.41) is 2.96. The molecule has 0 aliphatic carbocycles. The van der Waals surface area contributed by atoms with E-state index in [-0.39, 0.29) is 5.91 Å². The van der Waals surface area contributed by atoms with Gasteiger partial charge in [-0.3, -0.25) is 9.69 Å². The molecule has 128 valence electrons. The Morgan fingerprint density at radius 2 is 1.76 bits per heavy atom. The number of rotatable bonds is 4. The van der Waals surface area contributed by atoms with Gasteiger partial charge in [0.15, 0.2) is 0 Å². The minimum Gasteiger partial charge on any atom is -0.369 e. The van der Waals surface area contributed by atoms with Crippen LogP contribution in [0.5, 0.6) is 0 Å². The number of fused-ring (bicyclic) bond motifs is 1. The maximum absolute atomic E-state index is 12.3. The number of nitrogens with one attached hydrogen (secondary N) is 1. The Hall–Kier alpha value is -2.51. The van der Waals surface area contributed by atoms with Gasteiger partial charge < -0.3 is 10.2 Å². The molecule has 0 unspecified atom stereocenters. The Bertz CT molecular complexity index is 858. The van der Waals surface area contributed by atoms with Crippen molar-refractivity contribution in [3.05, 3.63) is 48.5 Å². The number of amides is 1. The molecule has 0 radical (unpaired) electrons. The molecule has 1 amide bonds. The van der Waals surface area contributed by atoms with E-state index in [9.17, 15) is 4.79 Å². The summed E-state index contributed by atoms with van der Waals surface area (Å²) in [4.78, 5) is 16.9. The van der Waals surface area contributed by atoms with Crippen LogP contribution in [0.1, 0.15) is 0 Å². The van der Waals surface area contributed by atoms with Crippen molar-refractivity contribution in [1.82, 2.24) is 13.6 Å². The molecule has 1 aromatic heterocycles. The summed E-state index contributed by atoms with van der Waals surface area (Å²) in [6.07, 6.45) is 0. The zero-order chi connectivity index (χ0) is 17.1. The van der Waals surface area contributed by atoms with Crippen molar-refractivity contribution in [2.45, 2.75) is 0 Å². The number of hydrogen-bond donors (Lipinski definition) is 1. The molecule has 0 saturated carbocycles. The Kier molecular flexibility index (Phi) is 4.58. The number of para-hydroxylation sites is 1. The second-order valence-corrected chi connectivity index (χ2v) is 6.64. The van der Waals surface area contributed by atoms with E-state index in [1.165, 1.54) is 17.4 Å². The van der Waals surface area contributed by atoms with E-state index in [1.807, 2.05) is 24.3 Å². The fraction of sp³-hybridized carbons (Fsp3) is 0.278. The first-order chi connectivity index (χ1) is 12.3. The predicted molar refractivity (Wildman–Crippen MR) is 101 cm³/mol. The van der Waals surface area contributed by atoms with Crippen molar-refractivity contribution in [1.29, 1.82) is 0 Å². The lowest BCUT2D eigenvalue weighted by Crippen LogP contribution is -2.48. The van der Waals surface area contributed by atoms with Gasteiger partial charge in [0.25, 0.3) is 0 Å². The fourth-order valence-electron chi connectivity index (χ4n) is 3.07. The van der Waals surface area contributed by atoms with Gasteiger partial charge in [-0.2, -0.15) is 8.75 Å². The number of carbonyl (C=O) groups is 1. The fourth-order valence-corrected chi connectivity index (χ4v) is 3.58. The topological polar surface area (TPSA) is 61.4 Å². The van der Waals surface area contributed by atoms with Gasteiger partial charge in [0.2, 0.25) is 5.91 Å². The highest BCUT2D eigenvalue weighted by molar-refractivity contribution is 7.00. The normalized spacial score (nSPS) is 15.4.